The monoisotopic (exact) mass is 360 g/mol. The van der Waals surface area contributed by atoms with Crippen LogP contribution in [0, 0.1) is 11.3 Å². The topological polar surface area (TPSA) is 54.3 Å². The Balaban J connectivity index is 1.90. The maximum Gasteiger partial charge on any atom is 0.119 e. The lowest BCUT2D eigenvalue weighted by Gasteiger charge is -2.10. The average molecular weight is 361 g/mol. The van der Waals surface area contributed by atoms with Crippen LogP contribution in [-0.4, -0.2) is 20.3 Å². The summed E-state index contributed by atoms with van der Waals surface area (Å²) in [7, 11) is 1.65. The predicted octanol–water partition coefficient (Wildman–Crippen LogP) is 3.96. The van der Waals surface area contributed by atoms with E-state index in [0.29, 0.717) is 25.3 Å². The molecule has 22 heavy (non-hydrogen) atoms. The van der Waals surface area contributed by atoms with Crippen molar-refractivity contribution in [2.24, 2.45) is 0 Å². The van der Waals surface area contributed by atoms with E-state index < -0.39 is 0 Å². The lowest BCUT2D eigenvalue weighted by Crippen LogP contribution is -2.04. The zero-order chi connectivity index (χ0) is 15.8. The highest BCUT2D eigenvalue weighted by molar-refractivity contribution is 9.10. The highest BCUT2D eigenvalue weighted by Gasteiger charge is 2.02. The van der Waals surface area contributed by atoms with Crippen LogP contribution in [0.1, 0.15) is 11.1 Å². The van der Waals surface area contributed by atoms with Crippen molar-refractivity contribution in [1.29, 1.82) is 5.26 Å². The SMILES string of the molecule is COCCOc1ccc(CNc2ccc(C#N)cc2Br)cc1. The quantitative estimate of drug-likeness (QED) is 0.759. The van der Waals surface area contributed by atoms with Crippen molar-refractivity contribution >= 4 is 21.6 Å². The van der Waals surface area contributed by atoms with Gasteiger partial charge in [0.2, 0.25) is 0 Å². The first-order valence-corrected chi connectivity index (χ1v) is 7.66. The van der Waals surface area contributed by atoms with Crippen molar-refractivity contribution in [2.75, 3.05) is 25.6 Å². The van der Waals surface area contributed by atoms with Gasteiger partial charge in [-0.2, -0.15) is 5.26 Å². The molecule has 0 fully saturated rings. The van der Waals surface area contributed by atoms with Crippen LogP contribution in [0.2, 0.25) is 0 Å². The Morgan fingerprint density at radius 2 is 1.91 bits per heavy atom. The summed E-state index contributed by atoms with van der Waals surface area (Å²) in [5, 5.41) is 12.2. The van der Waals surface area contributed by atoms with E-state index in [-0.39, 0.29) is 0 Å². The minimum Gasteiger partial charge on any atom is -0.491 e. The normalized spacial score (nSPS) is 10.0. The summed E-state index contributed by atoms with van der Waals surface area (Å²) in [6, 6.07) is 15.5. The van der Waals surface area contributed by atoms with Crippen molar-refractivity contribution in [3.8, 4) is 11.8 Å². The van der Waals surface area contributed by atoms with E-state index in [2.05, 4.69) is 27.3 Å². The minimum atomic E-state index is 0.548. The van der Waals surface area contributed by atoms with E-state index in [4.69, 9.17) is 14.7 Å². The third-order valence-electron chi connectivity index (χ3n) is 3.06. The molecule has 0 aromatic heterocycles. The Morgan fingerprint density at radius 3 is 2.55 bits per heavy atom. The van der Waals surface area contributed by atoms with Gasteiger partial charge in [-0.25, -0.2) is 0 Å². The van der Waals surface area contributed by atoms with Crippen molar-refractivity contribution in [3.63, 3.8) is 0 Å². The third kappa shape index (κ3) is 4.76. The summed E-state index contributed by atoms with van der Waals surface area (Å²) < 4.78 is 11.3. The van der Waals surface area contributed by atoms with Crippen LogP contribution in [0.25, 0.3) is 0 Å². The molecule has 4 nitrogen and oxygen atoms in total. The molecule has 0 spiro atoms. The molecule has 0 atom stereocenters. The molecule has 0 radical (unpaired) electrons. The van der Waals surface area contributed by atoms with E-state index in [9.17, 15) is 0 Å². The van der Waals surface area contributed by atoms with Gasteiger partial charge in [0, 0.05) is 23.8 Å². The van der Waals surface area contributed by atoms with Crippen LogP contribution in [0.4, 0.5) is 5.69 Å². The van der Waals surface area contributed by atoms with Crippen LogP contribution in [0.5, 0.6) is 5.75 Å². The van der Waals surface area contributed by atoms with Gasteiger partial charge in [0.1, 0.15) is 12.4 Å². The van der Waals surface area contributed by atoms with Gasteiger partial charge >= 0.3 is 0 Å². The fraction of sp³-hybridized carbons (Fsp3) is 0.235. The molecule has 114 valence electrons. The molecule has 0 saturated carbocycles. The first-order chi connectivity index (χ1) is 10.7. The second-order valence-electron chi connectivity index (χ2n) is 4.65. The van der Waals surface area contributed by atoms with Crippen molar-refractivity contribution in [2.45, 2.75) is 6.54 Å². The molecule has 0 amide bonds. The third-order valence-corrected chi connectivity index (χ3v) is 3.72. The van der Waals surface area contributed by atoms with E-state index >= 15 is 0 Å². The van der Waals surface area contributed by atoms with Crippen LogP contribution in [-0.2, 0) is 11.3 Å². The number of nitrogens with one attached hydrogen (secondary N) is 1. The first kappa shape index (κ1) is 16.3. The second-order valence-corrected chi connectivity index (χ2v) is 5.50. The molecule has 0 aliphatic heterocycles. The van der Waals surface area contributed by atoms with Crippen molar-refractivity contribution < 1.29 is 9.47 Å². The molecule has 1 N–H and O–H groups in total. The predicted molar refractivity (Wildman–Crippen MR) is 90.0 cm³/mol. The molecule has 0 aliphatic carbocycles. The zero-order valence-corrected chi connectivity index (χ0v) is 13.9. The van der Waals surface area contributed by atoms with Crippen LogP contribution >= 0.6 is 15.9 Å². The smallest absolute Gasteiger partial charge is 0.119 e. The molecule has 2 aromatic rings. The first-order valence-electron chi connectivity index (χ1n) is 6.87. The van der Waals surface area contributed by atoms with Gasteiger partial charge in [-0.15, -0.1) is 0 Å². The van der Waals surface area contributed by atoms with Gasteiger partial charge in [-0.05, 0) is 51.8 Å². The fourth-order valence-corrected chi connectivity index (χ4v) is 2.39. The number of methoxy groups -OCH3 is 1. The fourth-order valence-electron chi connectivity index (χ4n) is 1.87. The summed E-state index contributed by atoms with van der Waals surface area (Å²) in [6.45, 7) is 1.82. The van der Waals surface area contributed by atoms with Gasteiger partial charge in [0.05, 0.1) is 18.2 Å². The maximum absolute atomic E-state index is 8.85. The van der Waals surface area contributed by atoms with Gasteiger partial charge in [0.25, 0.3) is 0 Å². The van der Waals surface area contributed by atoms with E-state index in [1.165, 1.54) is 0 Å². The Kier molecular flexibility index (Phi) is 6.26. The number of hydrogen-bond donors (Lipinski definition) is 1. The van der Waals surface area contributed by atoms with Gasteiger partial charge < -0.3 is 14.8 Å². The van der Waals surface area contributed by atoms with Crippen molar-refractivity contribution in [1.82, 2.24) is 0 Å². The van der Waals surface area contributed by atoms with Crippen LogP contribution in [0.15, 0.2) is 46.9 Å². The standard InChI is InChI=1S/C17H17BrN2O2/c1-21-8-9-22-15-5-2-13(3-6-15)12-20-17-7-4-14(11-19)10-16(17)18/h2-7,10,20H,8-9,12H2,1H3. The Labute approximate surface area is 138 Å². The summed E-state index contributed by atoms with van der Waals surface area (Å²) in [6.07, 6.45) is 0. The van der Waals surface area contributed by atoms with Crippen LogP contribution < -0.4 is 10.1 Å². The highest BCUT2D eigenvalue weighted by Crippen LogP contribution is 2.24. The highest BCUT2D eigenvalue weighted by atomic mass is 79.9. The number of rotatable bonds is 7. The number of anilines is 1. The van der Waals surface area contributed by atoms with Crippen molar-refractivity contribution in [3.05, 3.63) is 58.1 Å². The van der Waals surface area contributed by atoms with E-state index in [0.717, 1.165) is 21.5 Å². The van der Waals surface area contributed by atoms with Gasteiger partial charge in [-0.1, -0.05) is 12.1 Å². The molecule has 0 unspecified atom stereocenters. The number of ether oxygens (including phenoxy) is 2. The molecule has 0 aliphatic rings. The average Bonchev–Trinajstić information content (AvgIpc) is 2.55. The van der Waals surface area contributed by atoms with E-state index in [1.807, 2.05) is 30.3 Å². The minimum absolute atomic E-state index is 0.548. The Hall–Kier alpha value is -2.03. The number of nitrogens with zero attached hydrogens (tertiary/aromatic N) is 1. The molecule has 0 bridgehead atoms. The summed E-state index contributed by atoms with van der Waals surface area (Å²) in [4.78, 5) is 0. The lowest BCUT2D eigenvalue weighted by atomic mass is 10.2. The summed E-state index contributed by atoms with van der Waals surface area (Å²) in [5.41, 5.74) is 2.74. The number of benzene rings is 2. The molecule has 2 rings (SSSR count). The van der Waals surface area contributed by atoms with Gasteiger partial charge in [0.15, 0.2) is 0 Å². The molecular formula is C17H17BrN2O2. The summed E-state index contributed by atoms with van der Waals surface area (Å²) in [5.74, 6) is 0.834. The second kappa shape index (κ2) is 8.42. The molecule has 5 heteroatoms. The molecule has 0 saturated heterocycles. The summed E-state index contributed by atoms with van der Waals surface area (Å²) >= 11 is 3.46. The number of halogens is 1. The van der Waals surface area contributed by atoms with Crippen LogP contribution in [0.3, 0.4) is 0 Å². The molecule has 0 heterocycles. The largest absolute Gasteiger partial charge is 0.491 e. The van der Waals surface area contributed by atoms with E-state index in [1.54, 1.807) is 19.2 Å². The number of nitriles is 1. The Morgan fingerprint density at radius 1 is 1.14 bits per heavy atom. The zero-order valence-electron chi connectivity index (χ0n) is 12.3. The molecule has 2 aromatic carbocycles. The van der Waals surface area contributed by atoms with Gasteiger partial charge in [-0.3, -0.25) is 0 Å². The lowest BCUT2D eigenvalue weighted by molar-refractivity contribution is 0.146. The Bertz CT molecular complexity index is 651. The maximum atomic E-state index is 8.85. The number of hydrogen-bond acceptors (Lipinski definition) is 4. The molecular weight excluding hydrogens is 344 g/mol.